The van der Waals surface area contributed by atoms with Gasteiger partial charge in [-0.1, -0.05) is 23.4 Å². The quantitative estimate of drug-likeness (QED) is 0.800. The Bertz CT molecular complexity index is 706. The molecule has 0 atom stereocenters. The molecule has 2 aromatic carbocycles. The number of halogens is 1. The van der Waals surface area contributed by atoms with Crippen LogP contribution in [0.3, 0.4) is 0 Å². The summed E-state index contributed by atoms with van der Waals surface area (Å²) in [6.07, 6.45) is 0. The first-order valence-corrected chi connectivity index (χ1v) is 6.93. The van der Waals surface area contributed by atoms with Crippen molar-refractivity contribution in [2.45, 2.75) is 13.8 Å². The first kappa shape index (κ1) is 15.2. The van der Waals surface area contributed by atoms with Gasteiger partial charge in [-0.3, -0.25) is 4.79 Å². The molecule has 106 valence electrons. The van der Waals surface area contributed by atoms with E-state index in [2.05, 4.69) is 11.8 Å². The van der Waals surface area contributed by atoms with Crippen molar-refractivity contribution in [3.63, 3.8) is 0 Å². The summed E-state index contributed by atoms with van der Waals surface area (Å²) in [5.41, 5.74) is 2.77. The lowest BCUT2D eigenvalue weighted by Crippen LogP contribution is -2.07. The zero-order valence-corrected chi connectivity index (χ0v) is 12.7. The normalized spacial score (nSPS) is 9.67. The molecule has 0 aliphatic rings. The number of benzene rings is 2. The molecule has 0 amide bonds. The lowest BCUT2D eigenvalue weighted by atomic mass is 10.1. The summed E-state index contributed by atoms with van der Waals surface area (Å²) in [6, 6.07) is 13.1. The number of carbonyl (C=O) groups is 1. The number of carbonyl (C=O) groups excluding carboxylic acids is 1. The van der Waals surface area contributed by atoms with Crippen LogP contribution in [0.2, 0.25) is 5.02 Å². The van der Waals surface area contributed by atoms with E-state index in [9.17, 15) is 4.79 Å². The second-order valence-electron chi connectivity index (χ2n) is 4.73. The minimum atomic E-state index is 0.000932. The predicted octanol–water partition coefficient (Wildman–Crippen LogP) is 4.02. The van der Waals surface area contributed by atoms with Gasteiger partial charge in [-0.15, -0.1) is 0 Å². The summed E-state index contributed by atoms with van der Waals surface area (Å²) in [5.74, 6) is 6.89. The third-order valence-electron chi connectivity index (χ3n) is 2.80. The maximum absolute atomic E-state index is 10.9. The highest BCUT2D eigenvalue weighted by Crippen LogP contribution is 2.18. The van der Waals surface area contributed by atoms with Gasteiger partial charge in [-0.2, -0.15) is 0 Å². The summed E-state index contributed by atoms with van der Waals surface area (Å²) in [4.78, 5) is 10.9. The molecule has 3 heteroatoms. The van der Waals surface area contributed by atoms with Gasteiger partial charge in [0.1, 0.15) is 12.4 Å². The van der Waals surface area contributed by atoms with Gasteiger partial charge >= 0.3 is 0 Å². The molecule has 0 spiro atoms. The van der Waals surface area contributed by atoms with Crippen LogP contribution in [0, 0.1) is 18.8 Å². The Labute approximate surface area is 129 Å². The van der Waals surface area contributed by atoms with E-state index >= 15 is 0 Å². The molecule has 0 saturated heterocycles. The summed E-state index contributed by atoms with van der Waals surface area (Å²) in [6.45, 7) is 3.53. The van der Waals surface area contributed by atoms with Gasteiger partial charge in [0.25, 0.3) is 0 Å². The van der Waals surface area contributed by atoms with Crippen LogP contribution in [0.15, 0.2) is 42.5 Å². The number of ether oxygens (including phenoxy) is 1. The summed E-state index contributed by atoms with van der Waals surface area (Å²) in [5, 5.41) is 0.698. The van der Waals surface area contributed by atoms with Gasteiger partial charge in [0.15, 0.2) is 5.78 Å². The molecule has 0 aromatic heterocycles. The predicted molar refractivity (Wildman–Crippen MR) is 84.8 cm³/mol. The van der Waals surface area contributed by atoms with Crippen molar-refractivity contribution in [3.8, 4) is 17.6 Å². The fourth-order valence-electron chi connectivity index (χ4n) is 1.75. The molecular formula is C18H15ClO2. The lowest BCUT2D eigenvalue weighted by Gasteiger charge is -2.07. The van der Waals surface area contributed by atoms with Crippen LogP contribution in [0.4, 0.5) is 0 Å². The molecule has 0 radical (unpaired) electrons. The third kappa shape index (κ3) is 4.66. The number of rotatable bonds is 3. The molecule has 0 aliphatic carbocycles. The molecule has 0 aliphatic heterocycles. The number of Topliss-reactive ketones (excluding diaryl/α,β-unsaturated/α-hetero) is 1. The SMILES string of the molecule is CC(=O)COc1ccc(C#Cc2ccc(Cl)cc2)cc1C. The zero-order valence-electron chi connectivity index (χ0n) is 11.9. The average Bonchev–Trinajstić information content (AvgIpc) is 2.45. The molecule has 2 rings (SSSR count). The van der Waals surface area contributed by atoms with E-state index in [4.69, 9.17) is 16.3 Å². The van der Waals surface area contributed by atoms with Crippen molar-refractivity contribution in [1.29, 1.82) is 0 Å². The van der Waals surface area contributed by atoms with Crippen LogP contribution < -0.4 is 4.74 Å². The van der Waals surface area contributed by atoms with Crippen LogP contribution in [0.25, 0.3) is 0 Å². The highest BCUT2D eigenvalue weighted by Gasteiger charge is 2.01. The highest BCUT2D eigenvalue weighted by molar-refractivity contribution is 6.30. The van der Waals surface area contributed by atoms with Gasteiger partial charge in [0.05, 0.1) is 0 Å². The molecule has 0 bridgehead atoms. The summed E-state index contributed by atoms with van der Waals surface area (Å²) < 4.78 is 5.42. The van der Waals surface area contributed by atoms with Crippen molar-refractivity contribution < 1.29 is 9.53 Å². The summed E-state index contributed by atoms with van der Waals surface area (Å²) >= 11 is 5.83. The van der Waals surface area contributed by atoms with Crippen LogP contribution in [-0.4, -0.2) is 12.4 Å². The summed E-state index contributed by atoms with van der Waals surface area (Å²) in [7, 11) is 0. The second-order valence-corrected chi connectivity index (χ2v) is 5.16. The molecule has 2 nitrogen and oxygen atoms in total. The van der Waals surface area contributed by atoms with E-state index in [-0.39, 0.29) is 12.4 Å². The van der Waals surface area contributed by atoms with Gasteiger partial charge < -0.3 is 4.74 Å². The van der Waals surface area contributed by atoms with Crippen molar-refractivity contribution in [3.05, 3.63) is 64.2 Å². The number of ketones is 1. The Kier molecular flexibility index (Phi) is 5.03. The number of hydrogen-bond acceptors (Lipinski definition) is 2. The van der Waals surface area contributed by atoms with Crippen LogP contribution in [-0.2, 0) is 4.79 Å². The Balaban J connectivity index is 2.13. The maximum atomic E-state index is 10.9. The Morgan fingerprint density at radius 3 is 2.33 bits per heavy atom. The van der Waals surface area contributed by atoms with Crippen LogP contribution in [0.5, 0.6) is 5.75 Å². The number of hydrogen-bond donors (Lipinski definition) is 0. The van der Waals surface area contributed by atoms with Gasteiger partial charge in [0.2, 0.25) is 0 Å². The fraction of sp³-hybridized carbons (Fsp3) is 0.167. The van der Waals surface area contributed by atoms with Crippen LogP contribution >= 0.6 is 11.6 Å². The zero-order chi connectivity index (χ0) is 15.2. The monoisotopic (exact) mass is 298 g/mol. The lowest BCUT2D eigenvalue weighted by molar-refractivity contribution is -0.118. The van der Waals surface area contributed by atoms with Crippen LogP contribution in [0.1, 0.15) is 23.6 Å². The van der Waals surface area contributed by atoms with E-state index in [1.807, 2.05) is 49.4 Å². The standard InChI is InChI=1S/C18H15ClO2/c1-13-11-16(7-10-18(13)21-12-14(2)20)4-3-15-5-8-17(19)9-6-15/h5-11H,12H2,1-2H3. The minimum Gasteiger partial charge on any atom is -0.486 e. The second kappa shape index (κ2) is 6.97. The smallest absolute Gasteiger partial charge is 0.167 e. The van der Waals surface area contributed by atoms with E-state index < -0.39 is 0 Å². The Morgan fingerprint density at radius 1 is 1.10 bits per heavy atom. The maximum Gasteiger partial charge on any atom is 0.167 e. The molecule has 21 heavy (non-hydrogen) atoms. The number of aryl methyl sites for hydroxylation is 1. The van der Waals surface area contributed by atoms with Crippen molar-refractivity contribution >= 4 is 17.4 Å². The molecule has 0 unspecified atom stereocenters. The van der Waals surface area contributed by atoms with Crippen molar-refractivity contribution in [2.75, 3.05) is 6.61 Å². The van der Waals surface area contributed by atoms with E-state index in [1.165, 1.54) is 6.92 Å². The topological polar surface area (TPSA) is 26.3 Å². The van der Waals surface area contributed by atoms with Gasteiger partial charge in [-0.25, -0.2) is 0 Å². The van der Waals surface area contributed by atoms with Crippen molar-refractivity contribution in [2.24, 2.45) is 0 Å². The minimum absolute atomic E-state index is 0.000932. The molecular weight excluding hydrogens is 284 g/mol. The molecule has 0 N–H and O–H groups in total. The molecule has 2 aromatic rings. The highest BCUT2D eigenvalue weighted by atomic mass is 35.5. The molecule has 0 heterocycles. The Morgan fingerprint density at radius 2 is 1.71 bits per heavy atom. The average molecular weight is 299 g/mol. The Hall–Kier alpha value is -2.24. The largest absolute Gasteiger partial charge is 0.486 e. The van der Waals surface area contributed by atoms with Crippen molar-refractivity contribution in [1.82, 2.24) is 0 Å². The third-order valence-corrected chi connectivity index (χ3v) is 3.05. The van der Waals surface area contributed by atoms with E-state index in [0.29, 0.717) is 10.8 Å². The van der Waals surface area contributed by atoms with E-state index in [0.717, 1.165) is 16.7 Å². The molecule has 0 fully saturated rings. The van der Waals surface area contributed by atoms with Gasteiger partial charge in [0, 0.05) is 16.1 Å². The first-order chi connectivity index (χ1) is 10.0. The van der Waals surface area contributed by atoms with Gasteiger partial charge in [-0.05, 0) is 61.9 Å². The molecule has 0 saturated carbocycles. The van der Waals surface area contributed by atoms with E-state index in [1.54, 1.807) is 0 Å². The first-order valence-electron chi connectivity index (χ1n) is 6.55. The fourth-order valence-corrected chi connectivity index (χ4v) is 1.87.